The predicted octanol–water partition coefficient (Wildman–Crippen LogP) is 8.47. The zero-order chi connectivity index (χ0) is 30.6. The number of rotatable bonds is 7. The van der Waals surface area contributed by atoms with Crippen LogP contribution in [-0.2, 0) is 23.4 Å². The number of hydrogen-bond donors (Lipinski definition) is 0. The van der Waals surface area contributed by atoms with Crippen molar-refractivity contribution < 1.29 is 23.4 Å². The molecular formula is C36H62O5Si. The van der Waals surface area contributed by atoms with Gasteiger partial charge >= 0.3 is 5.97 Å². The second-order valence-electron chi connectivity index (χ2n) is 18.1. The van der Waals surface area contributed by atoms with Crippen LogP contribution in [0.4, 0.5) is 0 Å². The number of hydrogen-bond acceptors (Lipinski definition) is 5. The van der Waals surface area contributed by atoms with Gasteiger partial charge in [-0.1, -0.05) is 48.5 Å². The third-order valence-corrected chi connectivity index (χ3v) is 19.5. The molecule has 0 radical (unpaired) electrons. The van der Waals surface area contributed by atoms with E-state index in [2.05, 4.69) is 61.6 Å². The largest absolute Gasteiger partial charge is 0.436 e. The maximum Gasteiger partial charge on any atom is 0.304 e. The first-order chi connectivity index (χ1) is 19.5. The summed E-state index contributed by atoms with van der Waals surface area (Å²) in [5, 5.41) is 0.181. The van der Waals surface area contributed by atoms with Gasteiger partial charge in [-0.15, -0.1) is 0 Å². The lowest BCUT2D eigenvalue weighted by atomic mass is 9.44. The number of methoxy groups -OCH3 is 1. The smallest absolute Gasteiger partial charge is 0.304 e. The van der Waals surface area contributed by atoms with Crippen LogP contribution in [0, 0.1) is 63.6 Å². The van der Waals surface area contributed by atoms with Crippen molar-refractivity contribution in [2.75, 3.05) is 13.7 Å². The van der Waals surface area contributed by atoms with Gasteiger partial charge in [-0.05, 0) is 116 Å². The molecule has 0 aromatic heterocycles. The van der Waals surface area contributed by atoms with Gasteiger partial charge in [-0.3, -0.25) is 4.79 Å². The number of ether oxygens (including phenoxy) is 3. The van der Waals surface area contributed by atoms with Crippen LogP contribution in [-0.4, -0.2) is 46.5 Å². The Hall–Kier alpha value is -0.433. The third kappa shape index (κ3) is 4.41. The molecule has 5 nitrogen and oxygen atoms in total. The van der Waals surface area contributed by atoms with E-state index in [0.29, 0.717) is 46.5 Å². The van der Waals surface area contributed by atoms with Crippen molar-refractivity contribution in [2.24, 2.45) is 63.6 Å². The third-order valence-electron chi connectivity index (χ3n) is 15.1. The monoisotopic (exact) mass is 602 g/mol. The van der Waals surface area contributed by atoms with Crippen LogP contribution in [0.5, 0.6) is 0 Å². The summed E-state index contributed by atoms with van der Waals surface area (Å²) in [6.07, 6.45) is 10.1. The number of esters is 1. The van der Waals surface area contributed by atoms with E-state index >= 15 is 0 Å². The molecule has 6 heteroatoms. The fourth-order valence-electron chi connectivity index (χ4n) is 12.2. The van der Waals surface area contributed by atoms with E-state index in [-0.39, 0.29) is 28.4 Å². The Morgan fingerprint density at radius 1 is 1.10 bits per heavy atom. The van der Waals surface area contributed by atoms with Crippen molar-refractivity contribution in [2.45, 2.75) is 143 Å². The zero-order valence-electron chi connectivity index (χ0n) is 28.8. The molecule has 240 valence electrons. The zero-order valence-corrected chi connectivity index (χ0v) is 29.8. The van der Waals surface area contributed by atoms with Gasteiger partial charge in [0.2, 0.25) is 6.29 Å². The number of carbonyl (C=O) groups is 1. The summed E-state index contributed by atoms with van der Waals surface area (Å²) in [5.74, 6) is 4.25. The van der Waals surface area contributed by atoms with Gasteiger partial charge in [0.25, 0.3) is 0 Å². The molecule has 1 saturated heterocycles. The molecule has 1 aliphatic heterocycles. The Balaban J connectivity index is 1.39. The van der Waals surface area contributed by atoms with Crippen molar-refractivity contribution in [1.29, 1.82) is 0 Å². The van der Waals surface area contributed by atoms with Crippen molar-refractivity contribution in [3.05, 3.63) is 0 Å². The lowest BCUT2D eigenvalue weighted by molar-refractivity contribution is -0.254. The molecular weight excluding hydrogens is 540 g/mol. The van der Waals surface area contributed by atoms with Gasteiger partial charge < -0.3 is 18.6 Å². The van der Waals surface area contributed by atoms with Crippen LogP contribution in [0.3, 0.4) is 0 Å². The second-order valence-corrected chi connectivity index (χ2v) is 22.9. The van der Waals surface area contributed by atoms with Crippen LogP contribution in [0.15, 0.2) is 0 Å². The molecule has 0 amide bonds. The van der Waals surface area contributed by atoms with Crippen molar-refractivity contribution in [3.8, 4) is 0 Å². The Bertz CT molecular complexity index is 1050. The molecule has 5 aliphatic carbocycles. The van der Waals surface area contributed by atoms with Crippen LogP contribution in [0.1, 0.15) is 107 Å². The summed E-state index contributed by atoms with van der Waals surface area (Å²) in [5.41, 5.74) is 0.935. The molecule has 3 unspecified atom stereocenters. The van der Waals surface area contributed by atoms with Gasteiger partial charge in [-0.2, -0.15) is 0 Å². The highest BCUT2D eigenvalue weighted by Gasteiger charge is 2.78. The fourth-order valence-corrected chi connectivity index (χ4v) is 13.2. The first kappa shape index (κ1) is 31.5. The molecule has 5 saturated carbocycles. The van der Waals surface area contributed by atoms with Crippen molar-refractivity contribution in [3.63, 3.8) is 0 Å². The first-order valence-electron chi connectivity index (χ1n) is 17.5. The minimum Gasteiger partial charge on any atom is -0.436 e. The molecule has 0 aromatic rings. The van der Waals surface area contributed by atoms with Gasteiger partial charge in [-0.25, -0.2) is 0 Å². The summed E-state index contributed by atoms with van der Waals surface area (Å²) >= 11 is 0. The normalized spacial score (nSPS) is 49.5. The van der Waals surface area contributed by atoms with Crippen LogP contribution in [0.2, 0.25) is 18.1 Å². The Morgan fingerprint density at radius 2 is 1.81 bits per heavy atom. The average Bonchev–Trinajstić information content (AvgIpc) is 3.41. The molecule has 1 heterocycles. The summed E-state index contributed by atoms with van der Waals surface area (Å²) in [7, 11) is 0.0390. The van der Waals surface area contributed by atoms with Crippen LogP contribution < -0.4 is 0 Å². The van der Waals surface area contributed by atoms with E-state index < -0.39 is 14.6 Å². The summed E-state index contributed by atoms with van der Waals surface area (Å²) in [6.45, 7) is 24.1. The highest BCUT2D eigenvalue weighted by atomic mass is 28.4. The van der Waals surface area contributed by atoms with Gasteiger partial charge in [0.1, 0.15) is 0 Å². The van der Waals surface area contributed by atoms with Crippen molar-refractivity contribution in [1.82, 2.24) is 0 Å². The summed E-state index contributed by atoms with van der Waals surface area (Å²) < 4.78 is 26.7. The molecule has 1 spiro atoms. The van der Waals surface area contributed by atoms with E-state index in [1.54, 1.807) is 0 Å². The lowest BCUT2D eigenvalue weighted by Crippen LogP contribution is -2.60. The Labute approximate surface area is 258 Å². The predicted molar refractivity (Wildman–Crippen MR) is 169 cm³/mol. The molecule has 6 rings (SSSR count). The van der Waals surface area contributed by atoms with E-state index in [4.69, 9.17) is 18.6 Å². The average molecular weight is 603 g/mol. The molecule has 0 N–H and O–H groups in total. The van der Waals surface area contributed by atoms with Crippen LogP contribution in [0.25, 0.3) is 0 Å². The van der Waals surface area contributed by atoms with Gasteiger partial charge in [0.05, 0.1) is 12.2 Å². The maximum atomic E-state index is 12.3. The molecule has 6 fully saturated rings. The maximum absolute atomic E-state index is 12.3. The Morgan fingerprint density at radius 3 is 2.40 bits per heavy atom. The summed E-state index contributed by atoms with van der Waals surface area (Å²) in [4.78, 5) is 12.3. The standard InChI is InChI=1S/C36H62O5Si/c1-21(2)16-25-22(3)31-29(41-32(25)40-23(4)37)18-28-26-17-30(38-9)36-19-24(36)12-14-34(36,8)27(26)13-15-35(28,31)20-39-42(10,11)33(5,6)7/h21-22,24-32H,12-20H2,1-11H3/t22-,24?,25-,26-,27+,28+,29+,30-,31+,32?,34-,35-,36?/m1/s1. The van der Waals surface area contributed by atoms with Gasteiger partial charge in [0.15, 0.2) is 8.32 Å². The van der Waals surface area contributed by atoms with E-state index in [1.165, 1.54) is 45.4 Å². The fraction of sp³-hybridized carbons (Fsp3) is 0.972. The van der Waals surface area contributed by atoms with Crippen LogP contribution >= 0.6 is 0 Å². The molecule has 0 bridgehead atoms. The first-order valence-corrected chi connectivity index (χ1v) is 20.4. The molecule has 6 aliphatic rings. The topological polar surface area (TPSA) is 54.0 Å². The second kappa shape index (κ2) is 10.3. The molecule has 0 aromatic carbocycles. The molecule has 42 heavy (non-hydrogen) atoms. The minimum atomic E-state index is -1.95. The lowest BCUT2D eigenvalue weighted by Gasteiger charge is -2.62. The quantitative estimate of drug-likeness (QED) is 0.216. The Kier molecular flexibility index (Phi) is 7.73. The summed E-state index contributed by atoms with van der Waals surface area (Å²) in [6, 6.07) is 0. The van der Waals surface area contributed by atoms with Crippen molar-refractivity contribution >= 4 is 14.3 Å². The van der Waals surface area contributed by atoms with Gasteiger partial charge in [0, 0.05) is 37.4 Å². The number of carbonyl (C=O) groups excluding carboxylic acids is 1. The van der Waals surface area contributed by atoms with E-state index in [9.17, 15) is 4.79 Å². The minimum absolute atomic E-state index is 0.109. The van der Waals surface area contributed by atoms with E-state index in [0.717, 1.165) is 31.3 Å². The van der Waals surface area contributed by atoms with E-state index in [1.807, 2.05) is 7.11 Å². The highest BCUT2D eigenvalue weighted by molar-refractivity contribution is 6.74. The SMILES string of the molecule is CO[C@@H]1C[C@H]2[C@@H]3C[C@@H]4OC(OC(C)=O)[C@H](CC(C)C)[C@@H](C)[C@@H]4[C@@]3(CO[Si](C)(C)C(C)(C)C)CC[C@@H]2[C@@]2(C)CCC3CC312. The molecule has 13 atom stereocenters. The number of fused-ring (bicyclic) bond motifs is 6. The highest BCUT2D eigenvalue weighted by Crippen LogP contribution is 2.82.